The molecule has 2 fully saturated rings. The highest BCUT2D eigenvalue weighted by atomic mass is 19.4. The number of amides is 2. The van der Waals surface area contributed by atoms with Gasteiger partial charge in [-0.25, -0.2) is 4.79 Å². The lowest BCUT2D eigenvalue weighted by atomic mass is 9.96. The van der Waals surface area contributed by atoms with Crippen molar-refractivity contribution in [2.24, 2.45) is 0 Å². The number of fused-ring (bicyclic) bond motifs is 1. The van der Waals surface area contributed by atoms with Crippen molar-refractivity contribution in [3.63, 3.8) is 0 Å². The second-order valence-electron chi connectivity index (χ2n) is 10.8. The Kier molecular flexibility index (Phi) is 8.68. The first kappa shape index (κ1) is 30.8. The maximum atomic E-state index is 14.0. The summed E-state index contributed by atoms with van der Waals surface area (Å²) in [5, 5.41) is 0. The Bertz CT molecular complexity index is 1310. The normalized spacial score (nSPS) is 18.9. The molecule has 0 radical (unpaired) electrons. The molecular weight excluding hydrogens is 584 g/mol. The molecule has 0 saturated carbocycles. The van der Waals surface area contributed by atoms with Crippen LogP contribution in [0.3, 0.4) is 0 Å². The Morgan fingerprint density at radius 3 is 2.28 bits per heavy atom. The van der Waals surface area contributed by atoms with E-state index < -0.39 is 35.4 Å². The van der Waals surface area contributed by atoms with Gasteiger partial charge in [0.1, 0.15) is 6.04 Å². The highest BCUT2D eigenvalue weighted by Gasteiger charge is 2.40. The van der Waals surface area contributed by atoms with Crippen LogP contribution in [0.4, 0.5) is 31.1 Å². The fourth-order valence-electron chi connectivity index (χ4n) is 5.79. The quantitative estimate of drug-likeness (QED) is 0.383. The molecule has 0 N–H and O–H groups in total. The third-order valence-electron chi connectivity index (χ3n) is 8.02. The minimum absolute atomic E-state index is 0.0284. The number of carbonyl (C=O) groups excluding carboxylic acids is 2. The molecule has 0 spiro atoms. The van der Waals surface area contributed by atoms with Crippen molar-refractivity contribution in [3.8, 4) is 11.5 Å². The van der Waals surface area contributed by atoms with Crippen LogP contribution in [0.25, 0.3) is 0 Å². The summed E-state index contributed by atoms with van der Waals surface area (Å²) >= 11 is 0. The minimum Gasteiger partial charge on any atom is -0.454 e. The predicted molar refractivity (Wildman–Crippen MR) is 140 cm³/mol. The first-order valence-corrected chi connectivity index (χ1v) is 13.9. The van der Waals surface area contributed by atoms with Crippen LogP contribution in [-0.4, -0.2) is 79.4 Å². The number of ether oxygens (including phenoxy) is 3. The largest absolute Gasteiger partial charge is 0.454 e. The van der Waals surface area contributed by atoms with Crippen molar-refractivity contribution in [2.75, 3.05) is 46.6 Å². The van der Waals surface area contributed by atoms with Gasteiger partial charge in [-0.3, -0.25) is 9.69 Å². The van der Waals surface area contributed by atoms with Crippen LogP contribution in [0.15, 0.2) is 36.4 Å². The van der Waals surface area contributed by atoms with Crippen LogP contribution < -0.4 is 9.47 Å². The van der Waals surface area contributed by atoms with Gasteiger partial charge in [-0.2, -0.15) is 26.3 Å². The minimum atomic E-state index is -4.96. The SMILES string of the molecule is CN(CCc1cc(C(F)(F)F)cc(C(F)(F)F)c1)C(=O)C(c1cccc2c1OCO2)N1CCC(N2CCCOC2=O)CC1. The zero-order valence-corrected chi connectivity index (χ0v) is 23.3. The lowest BCUT2D eigenvalue weighted by Crippen LogP contribution is -2.52. The second-order valence-corrected chi connectivity index (χ2v) is 10.8. The zero-order chi connectivity index (χ0) is 30.9. The van der Waals surface area contributed by atoms with E-state index in [-0.39, 0.29) is 43.5 Å². The topological polar surface area (TPSA) is 71.6 Å². The predicted octanol–water partition coefficient (Wildman–Crippen LogP) is 5.50. The number of carbonyl (C=O) groups is 2. The molecule has 1 unspecified atom stereocenters. The molecule has 0 aliphatic carbocycles. The van der Waals surface area contributed by atoms with E-state index in [0.717, 1.165) is 6.42 Å². The molecule has 8 nitrogen and oxygen atoms in total. The van der Waals surface area contributed by atoms with E-state index in [0.29, 0.717) is 68.3 Å². The van der Waals surface area contributed by atoms with E-state index in [9.17, 15) is 35.9 Å². The number of nitrogens with zero attached hydrogens (tertiary/aromatic N) is 3. The summed E-state index contributed by atoms with van der Waals surface area (Å²) in [6.45, 7) is 1.72. The molecular formula is C29H31F6N3O5. The number of likely N-dealkylation sites (tertiary alicyclic amines) is 1. The highest BCUT2D eigenvalue weighted by molar-refractivity contribution is 5.84. The number of para-hydroxylation sites is 1. The average molecular weight is 616 g/mol. The molecule has 14 heteroatoms. The standard InChI is InChI=1S/C29H31F6N3O5/c1-36(10-6-18-14-19(28(30,31)32)16-20(15-18)29(33,34)35)26(39)24(22-4-2-5-23-25(22)43-17-42-23)37-11-7-21(8-12-37)38-9-3-13-41-27(38)40/h2,4-5,14-16,21,24H,3,6-13,17H2,1H3. The molecule has 2 amide bonds. The third kappa shape index (κ3) is 6.78. The number of halogens is 6. The van der Waals surface area contributed by atoms with Gasteiger partial charge in [-0.1, -0.05) is 12.1 Å². The van der Waals surface area contributed by atoms with Gasteiger partial charge >= 0.3 is 18.4 Å². The number of likely N-dealkylation sites (N-methyl/N-ethyl adjacent to an activating group) is 1. The molecule has 5 rings (SSSR count). The molecule has 234 valence electrons. The number of hydrogen-bond donors (Lipinski definition) is 0. The Morgan fingerprint density at radius 2 is 1.65 bits per heavy atom. The summed E-state index contributed by atoms with van der Waals surface area (Å²) in [6, 6.07) is 5.69. The maximum absolute atomic E-state index is 14.0. The Morgan fingerprint density at radius 1 is 0.977 bits per heavy atom. The first-order chi connectivity index (χ1) is 20.3. The summed E-state index contributed by atoms with van der Waals surface area (Å²) in [6.07, 6.45) is -8.61. The Labute approximate surface area is 244 Å². The number of benzene rings is 2. The van der Waals surface area contributed by atoms with Crippen LogP contribution in [0, 0.1) is 0 Å². The highest BCUT2D eigenvalue weighted by Crippen LogP contribution is 2.42. The average Bonchev–Trinajstić information content (AvgIpc) is 3.45. The Hall–Kier alpha value is -3.68. The summed E-state index contributed by atoms with van der Waals surface area (Å²) in [5.74, 6) is 0.471. The van der Waals surface area contributed by atoms with Gasteiger partial charge in [-0.05, 0) is 55.5 Å². The zero-order valence-electron chi connectivity index (χ0n) is 23.3. The van der Waals surface area contributed by atoms with Crippen molar-refractivity contribution in [2.45, 2.75) is 50.1 Å². The van der Waals surface area contributed by atoms with Crippen molar-refractivity contribution < 1.29 is 50.1 Å². The summed E-state index contributed by atoms with van der Waals surface area (Å²) in [7, 11) is 1.46. The van der Waals surface area contributed by atoms with Crippen molar-refractivity contribution >= 4 is 12.0 Å². The molecule has 43 heavy (non-hydrogen) atoms. The lowest BCUT2D eigenvalue weighted by molar-refractivity contribution is -0.143. The second kappa shape index (κ2) is 12.1. The lowest BCUT2D eigenvalue weighted by Gasteiger charge is -2.42. The van der Waals surface area contributed by atoms with Gasteiger partial charge in [0, 0.05) is 44.8 Å². The van der Waals surface area contributed by atoms with Gasteiger partial charge in [0.2, 0.25) is 12.7 Å². The van der Waals surface area contributed by atoms with Crippen molar-refractivity contribution in [3.05, 3.63) is 58.7 Å². The van der Waals surface area contributed by atoms with Gasteiger partial charge in [0.05, 0.1) is 17.7 Å². The van der Waals surface area contributed by atoms with Crippen LogP contribution >= 0.6 is 0 Å². The number of hydrogen-bond acceptors (Lipinski definition) is 6. The maximum Gasteiger partial charge on any atom is 0.416 e. The fourth-order valence-corrected chi connectivity index (χ4v) is 5.79. The molecule has 2 saturated heterocycles. The molecule has 3 aliphatic rings. The van der Waals surface area contributed by atoms with Crippen LogP contribution in [0.1, 0.15) is 47.6 Å². The van der Waals surface area contributed by atoms with Crippen LogP contribution in [0.2, 0.25) is 0 Å². The van der Waals surface area contributed by atoms with E-state index in [1.165, 1.54) is 11.9 Å². The van der Waals surface area contributed by atoms with Gasteiger partial charge in [0.25, 0.3) is 0 Å². The molecule has 3 heterocycles. The van der Waals surface area contributed by atoms with Crippen molar-refractivity contribution in [1.29, 1.82) is 0 Å². The summed E-state index contributed by atoms with van der Waals surface area (Å²) < 4.78 is 96.5. The molecule has 2 aromatic carbocycles. The van der Waals surface area contributed by atoms with Crippen LogP contribution in [-0.2, 0) is 28.3 Å². The molecule has 1 atom stereocenters. The monoisotopic (exact) mass is 615 g/mol. The number of rotatable bonds is 7. The van der Waals surface area contributed by atoms with Crippen molar-refractivity contribution in [1.82, 2.24) is 14.7 Å². The summed E-state index contributed by atoms with van der Waals surface area (Å²) in [5.41, 5.74) is -2.45. The van der Waals surface area contributed by atoms with Gasteiger partial charge < -0.3 is 24.0 Å². The van der Waals surface area contributed by atoms with Crippen LogP contribution in [0.5, 0.6) is 11.5 Å². The Balaban J connectivity index is 1.36. The molecule has 0 aromatic heterocycles. The smallest absolute Gasteiger partial charge is 0.416 e. The van der Waals surface area contributed by atoms with E-state index in [4.69, 9.17) is 14.2 Å². The first-order valence-electron chi connectivity index (χ1n) is 13.9. The molecule has 0 bridgehead atoms. The molecule has 2 aromatic rings. The summed E-state index contributed by atoms with van der Waals surface area (Å²) in [4.78, 5) is 31.2. The third-order valence-corrected chi connectivity index (χ3v) is 8.02. The van der Waals surface area contributed by atoms with Gasteiger partial charge in [-0.15, -0.1) is 0 Å². The van der Waals surface area contributed by atoms with Gasteiger partial charge in [0.15, 0.2) is 11.5 Å². The molecule has 3 aliphatic heterocycles. The van der Waals surface area contributed by atoms with E-state index in [2.05, 4.69) is 0 Å². The number of alkyl halides is 6. The number of cyclic esters (lactones) is 1. The van der Waals surface area contributed by atoms with E-state index in [1.54, 1.807) is 23.1 Å². The van der Waals surface area contributed by atoms with E-state index >= 15 is 0 Å². The number of piperidine rings is 1. The fraction of sp³-hybridized carbons (Fsp3) is 0.517. The van der Waals surface area contributed by atoms with E-state index in [1.807, 2.05) is 4.90 Å².